The molecule has 0 unspecified atom stereocenters. The van der Waals surface area contributed by atoms with E-state index in [4.69, 9.17) is 4.74 Å². The van der Waals surface area contributed by atoms with Gasteiger partial charge < -0.3 is 15.2 Å². The molecule has 1 aromatic rings. The molecule has 0 aromatic heterocycles. The summed E-state index contributed by atoms with van der Waals surface area (Å²) in [5, 5.41) is 12.0. The van der Waals surface area contributed by atoms with Gasteiger partial charge in [-0.1, -0.05) is 34.1 Å². The number of fused-ring (bicyclic) bond motifs is 2. The van der Waals surface area contributed by atoms with Crippen molar-refractivity contribution in [1.82, 2.24) is 0 Å². The van der Waals surface area contributed by atoms with E-state index in [2.05, 4.69) is 21.2 Å². The van der Waals surface area contributed by atoms with E-state index in [1.165, 1.54) is 0 Å². The number of amides is 1. The van der Waals surface area contributed by atoms with Crippen LogP contribution < -0.4 is 5.32 Å². The van der Waals surface area contributed by atoms with Gasteiger partial charge in [-0.15, -0.1) is 0 Å². The largest absolute Gasteiger partial charge is 0.481 e. The average molecular weight is 338 g/mol. The van der Waals surface area contributed by atoms with Gasteiger partial charge in [0.1, 0.15) is 5.92 Å². The van der Waals surface area contributed by atoms with Crippen molar-refractivity contribution in [2.45, 2.75) is 12.2 Å². The van der Waals surface area contributed by atoms with Crippen molar-refractivity contribution in [3.05, 3.63) is 40.9 Å². The number of carbonyl (C=O) groups is 2. The zero-order valence-electron chi connectivity index (χ0n) is 10.3. The molecule has 2 heterocycles. The lowest BCUT2D eigenvalue weighted by Crippen LogP contribution is -2.39. The molecule has 1 fully saturated rings. The molecule has 2 aliphatic heterocycles. The maximum atomic E-state index is 12.3. The van der Waals surface area contributed by atoms with Gasteiger partial charge in [-0.05, 0) is 18.2 Å². The summed E-state index contributed by atoms with van der Waals surface area (Å²) in [4.78, 5) is 23.6. The molecule has 2 bridgehead atoms. The minimum absolute atomic E-state index is 0.327. The summed E-state index contributed by atoms with van der Waals surface area (Å²) < 4.78 is 6.32. The fourth-order valence-corrected chi connectivity index (χ4v) is 3.11. The molecule has 2 aliphatic rings. The molecule has 104 valence electrons. The highest BCUT2D eigenvalue weighted by atomic mass is 79.9. The molecule has 5 nitrogen and oxygen atoms in total. The summed E-state index contributed by atoms with van der Waals surface area (Å²) in [6, 6.07) is 7.16. The molecular formula is C14H12BrNO4. The number of hydrogen-bond acceptors (Lipinski definition) is 3. The smallest absolute Gasteiger partial charge is 0.310 e. The third-order valence-electron chi connectivity index (χ3n) is 3.58. The van der Waals surface area contributed by atoms with Crippen molar-refractivity contribution >= 4 is 33.5 Å². The number of ether oxygens (including phenoxy) is 1. The monoisotopic (exact) mass is 337 g/mol. The third kappa shape index (κ3) is 2.25. The fraction of sp³-hybridized carbons (Fsp3) is 0.286. The van der Waals surface area contributed by atoms with Gasteiger partial charge in [0.15, 0.2) is 0 Å². The van der Waals surface area contributed by atoms with Gasteiger partial charge in [0.05, 0.1) is 18.1 Å². The molecule has 3 rings (SSSR count). The predicted octanol–water partition coefficient (Wildman–Crippen LogP) is 2.04. The summed E-state index contributed by atoms with van der Waals surface area (Å²) in [7, 11) is 0. The van der Waals surface area contributed by atoms with Crippen molar-refractivity contribution in [1.29, 1.82) is 0 Å². The summed E-state index contributed by atoms with van der Waals surface area (Å²) in [5.41, 5.74) is 0.625. The van der Waals surface area contributed by atoms with Crippen molar-refractivity contribution in [2.24, 2.45) is 11.8 Å². The summed E-state index contributed by atoms with van der Waals surface area (Å²) in [5.74, 6) is -2.85. The topological polar surface area (TPSA) is 75.6 Å². The first-order valence-electron chi connectivity index (χ1n) is 6.19. The van der Waals surface area contributed by atoms with Crippen LogP contribution in [0.4, 0.5) is 5.69 Å². The van der Waals surface area contributed by atoms with Crippen LogP contribution >= 0.6 is 15.9 Å². The number of nitrogens with one attached hydrogen (secondary N) is 1. The first-order chi connectivity index (χ1) is 9.56. The number of hydrogen-bond donors (Lipinski definition) is 2. The molecule has 4 atom stereocenters. The third-order valence-corrected chi connectivity index (χ3v) is 4.07. The summed E-state index contributed by atoms with van der Waals surface area (Å²) >= 11 is 3.32. The lowest BCUT2D eigenvalue weighted by Gasteiger charge is -2.21. The Balaban J connectivity index is 1.80. The minimum Gasteiger partial charge on any atom is -0.481 e. The van der Waals surface area contributed by atoms with Crippen LogP contribution in [-0.4, -0.2) is 29.2 Å². The van der Waals surface area contributed by atoms with E-state index >= 15 is 0 Å². The fourth-order valence-electron chi connectivity index (χ4n) is 2.71. The number of aliphatic carboxylic acids is 1. The molecule has 1 saturated heterocycles. The molecule has 0 aliphatic carbocycles. The average Bonchev–Trinajstić information content (AvgIpc) is 2.98. The van der Waals surface area contributed by atoms with Crippen molar-refractivity contribution < 1.29 is 19.4 Å². The molecule has 0 saturated carbocycles. The Morgan fingerprint density at radius 3 is 2.55 bits per heavy atom. The number of carbonyl (C=O) groups excluding carboxylic acids is 1. The Labute approximate surface area is 123 Å². The van der Waals surface area contributed by atoms with Crippen LogP contribution in [0.15, 0.2) is 40.9 Å². The Kier molecular flexibility index (Phi) is 3.35. The van der Waals surface area contributed by atoms with Gasteiger partial charge in [0.2, 0.25) is 5.91 Å². The van der Waals surface area contributed by atoms with Crippen LogP contribution in [0.1, 0.15) is 0 Å². The van der Waals surface area contributed by atoms with Gasteiger partial charge in [0, 0.05) is 10.2 Å². The number of carboxylic acids is 1. The second-order valence-electron chi connectivity index (χ2n) is 4.84. The van der Waals surface area contributed by atoms with Crippen LogP contribution in [0, 0.1) is 11.8 Å². The lowest BCUT2D eigenvalue weighted by molar-refractivity contribution is -0.145. The van der Waals surface area contributed by atoms with Crippen LogP contribution in [0.2, 0.25) is 0 Å². The predicted molar refractivity (Wildman–Crippen MR) is 75.2 cm³/mol. The number of anilines is 1. The van der Waals surface area contributed by atoms with Crippen LogP contribution in [0.25, 0.3) is 0 Å². The number of rotatable bonds is 3. The van der Waals surface area contributed by atoms with Gasteiger partial charge in [0.25, 0.3) is 0 Å². The molecule has 6 heteroatoms. The maximum Gasteiger partial charge on any atom is 0.310 e. The Morgan fingerprint density at radius 1 is 1.20 bits per heavy atom. The highest BCUT2D eigenvalue weighted by Gasteiger charge is 2.53. The quantitative estimate of drug-likeness (QED) is 0.827. The molecule has 1 aromatic carbocycles. The summed E-state index contributed by atoms with van der Waals surface area (Å²) in [6.45, 7) is 0. The first-order valence-corrected chi connectivity index (χ1v) is 6.98. The SMILES string of the molecule is O=C(O)[C@@H]1[C@@H](C(=O)Nc2cccc(Br)c2)[C@H]2C=C[C@@H]1O2. The number of halogens is 1. The van der Waals surface area contributed by atoms with E-state index in [0.29, 0.717) is 5.69 Å². The van der Waals surface area contributed by atoms with Crippen molar-refractivity contribution in [3.8, 4) is 0 Å². The highest BCUT2D eigenvalue weighted by molar-refractivity contribution is 9.10. The first kappa shape index (κ1) is 13.3. The molecule has 0 spiro atoms. The van der Waals surface area contributed by atoms with E-state index in [9.17, 15) is 14.7 Å². The lowest BCUT2D eigenvalue weighted by atomic mass is 9.82. The van der Waals surface area contributed by atoms with E-state index in [-0.39, 0.29) is 5.91 Å². The van der Waals surface area contributed by atoms with Gasteiger partial charge in [-0.2, -0.15) is 0 Å². The van der Waals surface area contributed by atoms with E-state index in [1.807, 2.05) is 6.07 Å². The van der Waals surface area contributed by atoms with Crippen LogP contribution in [0.5, 0.6) is 0 Å². The van der Waals surface area contributed by atoms with E-state index < -0.39 is 30.0 Å². The van der Waals surface area contributed by atoms with E-state index in [1.54, 1.807) is 30.4 Å². The standard InChI is InChI=1S/C14H12BrNO4/c15-7-2-1-3-8(6-7)16-13(17)11-9-4-5-10(20-9)12(11)14(18)19/h1-6,9-12H,(H,16,17)(H,18,19)/t9-,10+,11+,12+/m1/s1. The molecule has 2 N–H and O–H groups in total. The maximum absolute atomic E-state index is 12.3. The Hall–Kier alpha value is -1.66. The van der Waals surface area contributed by atoms with Crippen LogP contribution in [-0.2, 0) is 14.3 Å². The highest BCUT2D eigenvalue weighted by Crippen LogP contribution is 2.39. The molecular weight excluding hydrogens is 326 g/mol. The number of carboxylic acid groups (broad SMARTS) is 1. The number of benzene rings is 1. The Bertz CT molecular complexity index is 601. The molecule has 20 heavy (non-hydrogen) atoms. The normalized spacial score (nSPS) is 30.4. The zero-order valence-corrected chi connectivity index (χ0v) is 11.9. The van der Waals surface area contributed by atoms with Gasteiger partial charge in [-0.3, -0.25) is 9.59 Å². The summed E-state index contributed by atoms with van der Waals surface area (Å²) in [6.07, 6.45) is 2.52. The molecule has 0 radical (unpaired) electrons. The van der Waals surface area contributed by atoms with Gasteiger partial charge in [-0.25, -0.2) is 0 Å². The minimum atomic E-state index is -1.00. The van der Waals surface area contributed by atoms with Crippen LogP contribution in [0.3, 0.4) is 0 Å². The Morgan fingerprint density at radius 2 is 1.90 bits per heavy atom. The zero-order chi connectivity index (χ0) is 14.3. The van der Waals surface area contributed by atoms with Gasteiger partial charge >= 0.3 is 5.97 Å². The second kappa shape index (κ2) is 5.03. The van der Waals surface area contributed by atoms with Crippen molar-refractivity contribution in [2.75, 3.05) is 5.32 Å². The van der Waals surface area contributed by atoms with E-state index in [0.717, 1.165) is 4.47 Å². The molecule has 1 amide bonds. The van der Waals surface area contributed by atoms with Crippen molar-refractivity contribution in [3.63, 3.8) is 0 Å². The second-order valence-corrected chi connectivity index (χ2v) is 5.76.